The monoisotopic (exact) mass is 190 g/mol. The van der Waals surface area contributed by atoms with Crippen molar-refractivity contribution < 1.29 is 19.8 Å². The summed E-state index contributed by atoms with van der Waals surface area (Å²) in [5, 5.41) is 16.9. The van der Waals surface area contributed by atoms with Gasteiger partial charge in [0.25, 0.3) is 0 Å². The lowest BCUT2D eigenvalue weighted by Gasteiger charge is -2.22. The first-order valence-corrected chi connectivity index (χ1v) is 3.78. The van der Waals surface area contributed by atoms with E-state index in [9.17, 15) is 9.59 Å². The van der Waals surface area contributed by atoms with Gasteiger partial charge in [-0.1, -0.05) is 0 Å². The number of likely N-dealkylation sites (N-methyl/N-ethyl adjacent to an activating group) is 2. The quantitative estimate of drug-likeness (QED) is 0.598. The fourth-order valence-corrected chi connectivity index (χ4v) is 0.808. The van der Waals surface area contributed by atoms with Crippen LogP contribution in [0.1, 0.15) is 0 Å². The van der Waals surface area contributed by atoms with Crippen molar-refractivity contribution >= 4 is 12.0 Å². The van der Waals surface area contributed by atoms with Crippen LogP contribution in [0.2, 0.25) is 0 Å². The molecule has 0 aliphatic heterocycles. The summed E-state index contributed by atoms with van der Waals surface area (Å²) in [7, 11) is 2.89. The van der Waals surface area contributed by atoms with Gasteiger partial charge >= 0.3 is 12.0 Å². The van der Waals surface area contributed by atoms with E-state index >= 15 is 0 Å². The van der Waals surface area contributed by atoms with Gasteiger partial charge < -0.3 is 20.0 Å². The van der Waals surface area contributed by atoms with Gasteiger partial charge in [0.05, 0.1) is 6.61 Å². The summed E-state index contributed by atoms with van der Waals surface area (Å²) in [6.45, 7) is -0.277. The molecule has 0 aliphatic carbocycles. The number of urea groups is 1. The summed E-state index contributed by atoms with van der Waals surface area (Å²) >= 11 is 0. The Balaban J connectivity index is 4.01. The number of hydrogen-bond acceptors (Lipinski definition) is 3. The van der Waals surface area contributed by atoms with Crippen molar-refractivity contribution in [3.63, 3.8) is 0 Å². The van der Waals surface area contributed by atoms with E-state index in [2.05, 4.69) is 0 Å². The summed E-state index contributed by atoms with van der Waals surface area (Å²) in [6, 6.07) is -0.420. The minimum absolute atomic E-state index is 0.136. The van der Waals surface area contributed by atoms with Crippen LogP contribution in [0.5, 0.6) is 0 Å². The summed E-state index contributed by atoms with van der Waals surface area (Å²) in [6.07, 6.45) is 0. The zero-order valence-electron chi connectivity index (χ0n) is 7.73. The number of carboxylic acid groups (broad SMARTS) is 1. The van der Waals surface area contributed by atoms with Gasteiger partial charge in [-0.3, -0.25) is 4.79 Å². The van der Waals surface area contributed by atoms with E-state index in [0.29, 0.717) is 0 Å². The maximum atomic E-state index is 11.2. The second-order valence-corrected chi connectivity index (χ2v) is 2.68. The third-order valence-corrected chi connectivity index (χ3v) is 1.46. The predicted octanol–water partition coefficient (Wildman–Crippen LogP) is -0.953. The number of amides is 2. The molecule has 0 aliphatic rings. The molecule has 0 bridgehead atoms. The van der Waals surface area contributed by atoms with Gasteiger partial charge in [0.15, 0.2) is 0 Å². The highest BCUT2D eigenvalue weighted by atomic mass is 16.4. The number of rotatable bonds is 4. The molecule has 0 heterocycles. The number of carbonyl (C=O) groups is 2. The first-order chi connectivity index (χ1) is 5.99. The number of nitrogens with zero attached hydrogens (tertiary/aromatic N) is 2. The Hall–Kier alpha value is -1.30. The smallest absolute Gasteiger partial charge is 0.323 e. The van der Waals surface area contributed by atoms with Crippen molar-refractivity contribution in [2.24, 2.45) is 0 Å². The molecular weight excluding hydrogens is 176 g/mol. The Morgan fingerprint density at radius 1 is 1.23 bits per heavy atom. The highest BCUT2D eigenvalue weighted by Gasteiger charge is 2.15. The molecule has 0 spiro atoms. The van der Waals surface area contributed by atoms with Crippen molar-refractivity contribution in [3.8, 4) is 0 Å². The molecule has 6 heteroatoms. The third kappa shape index (κ3) is 4.32. The number of aliphatic carboxylic acids is 1. The van der Waals surface area contributed by atoms with Gasteiger partial charge in [0, 0.05) is 20.6 Å². The fourth-order valence-electron chi connectivity index (χ4n) is 0.808. The first kappa shape index (κ1) is 11.7. The van der Waals surface area contributed by atoms with E-state index in [0.717, 1.165) is 4.90 Å². The summed E-state index contributed by atoms with van der Waals surface area (Å²) in [5.41, 5.74) is 0. The van der Waals surface area contributed by atoms with Crippen LogP contribution in [0.15, 0.2) is 0 Å². The zero-order valence-corrected chi connectivity index (χ0v) is 7.73. The maximum Gasteiger partial charge on any atom is 0.323 e. The molecule has 0 rings (SSSR count). The molecule has 13 heavy (non-hydrogen) atoms. The molecule has 0 aromatic carbocycles. The van der Waals surface area contributed by atoms with E-state index in [1.165, 1.54) is 19.0 Å². The zero-order chi connectivity index (χ0) is 10.4. The SMILES string of the molecule is CN(CCO)C(=O)N(C)CC(=O)O. The van der Waals surface area contributed by atoms with Gasteiger partial charge in [-0.25, -0.2) is 4.79 Å². The first-order valence-electron chi connectivity index (χ1n) is 3.78. The van der Waals surface area contributed by atoms with Crippen molar-refractivity contribution in [1.29, 1.82) is 0 Å². The fraction of sp³-hybridized carbons (Fsp3) is 0.714. The highest BCUT2D eigenvalue weighted by molar-refractivity contribution is 5.79. The van der Waals surface area contributed by atoms with Gasteiger partial charge in [0.1, 0.15) is 6.54 Å². The van der Waals surface area contributed by atoms with Gasteiger partial charge in [-0.15, -0.1) is 0 Å². The van der Waals surface area contributed by atoms with Crippen LogP contribution < -0.4 is 0 Å². The van der Waals surface area contributed by atoms with Crippen molar-refractivity contribution in [1.82, 2.24) is 9.80 Å². The molecule has 0 radical (unpaired) electrons. The Morgan fingerprint density at radius 2 is 1.77 bits per heavy atom. The standard InChI is InChI=1S/C7H14N2O4/c1-8(3-4-10)7(13)9(2)5-6(11)12/h10H,3-5H2,1-2H3,(H,11,12). The largest absolute Gasteiger partial charge is 0.480 e. The highest BCUT2D eigenvalue weighted by Crippen LogP contribution is 1.92. The maximum absolute atomic E-state index is 11.2. The Morgan fingerprint density at radius 3 is 2.15 bits per heavy atom. The molecule has 2 amide bonds. The van der Waals surface area contributed by atoms with Crippen molar-refractivity contribution in [3.05, 3.63) is 0 Å². The topological polar surface area (TPSA) is 81.1 Å². The molecule has 2 N–H and O–H groups in total. The van der Waals surface area contributed by atoms with Crippen molar-refractivity contribution in [2.45, 2.75) is 0 Å². The van der Waals surface area contributed by atoms with Crippen LogP contribution in [0.3, 0.4) is 0 Å². The van der Waals surface area contributed by atoms with Gasteiger partial charge in [0.2, 0.25) is 0 Å². The molecule has 76 valence electrons. The van der Waals surface area contributed by atoms with Crippen LogP contribution in [0.25, 0.3) is 0 Å². The van der Waals surface area contributed by atoms with Crippen LogP contribution in [-0.2, 0) is 4.79 Å². The van der Waals surface area contributed by atoms with Crippen LogP contribution in [0.4, 0.5) is 4.79 Å². The van der Waals surface area contributed by atoms with E-state index in [1.807, 2.05) is 0 Å². The number of carbonyl (C=O) groups excluding carboxylic acids is 1. The Kier molecular flexibility index (Phi) is 4.83. The summed E-state index contributed by atoms with van der Waals surface area (Å²) < 4.78 is 0. The second-order valence-electron chi connectivity index (χ2n) is 2.68. The van der Waals surface area contributed by atoms with E-state index in [4.69, 9.17) is 10.2 Å². The van der Waals surface area contributed by atoms with Gasteiger partial charge in [-0.2, -0.15) is 0 Å². The van der Waals surface area contributed by atoms with Crippen LogP contribution >= 0.6 is 0 Å². The minimum Gasteiger partial charge on any atom is -0.480 e. The number of aliphatic hydroxyl groups excluding tert-OH is 1. The second kappa shape index (κ2) is 5.36. The van der Waals surface area contributed by atoms with Crippen LogP contribution in [0, 0.1) is 0 Å². The van der Waals surface area contributed by atoms with E-state index < -0.39 is 12.0 Å². The molecule has 0 atom stereocenters. The molecular formula is C7H14N2O4. The summed E-state index contributed by atoms with van der Waals surface area (Å²) in [5.74, 6) is -1.06. The van der Waals surface area contributed by atoms with Gasteiger partial charge in [-0.05, 0) is 0 Å². The normalized spacial score (nSPS) is 9.46. The minimum atomic E-state index is -1.06. The Labute approximate surface area is 76.4 Å². The van der Waals surface area contributed by atoms with E-state index in [1.54, 1.807) is 0 Å². The predicted molar refractivity (Wildman–Crippen MR) is 45.4 cm³/mol. The molecule has 0 fully saturated rings. The number of aliphatic hydroxyl groups is 1. The average molecular weight is 190 g/mol. The van der Waals surface area contributed by atoms with Crippen LogP contribution in [-0.4, -0.2) is 65.8 Å². The molecule has 0 saturated heterocycles. The lowest BCUT2D eigenvalue weighted by Crippen LogP contribution is -2.42. The lowest BCUT2D eigenvalue weighted by molar-refractivity contribution is -0.137. The summed E-state index contributed by atoms with van der Waals surface area (Å²) in [4.78, 5) is 23.8. The van der Waals surface area contributed by atoms with Crippen molar-refractivity contribution in [2.75, 3.05) is 33.8 Å². The van der Waals surface area contributed by atoms with E-state index in [-0.39, 0.29) is 19.7 Å². The molecule has 0 aromatic heterocycles. The lowest BCUT2D eigenvalue weighted by atomic mass is 10.5. The number of hydrogen-bond donors (Lipinski definition) is 2. The molecule has 0 aromatic rings. The molecule has 6 nitrogen and oxygen atoms in total. The number of carboxylic acids is 1. The molecule has 0 unspecified atom stereocenters. The Bertz CT molecular complexity index is 195. The molecule has 0 saturated carbocycles. The average Bonchev–Trinajstić information content (AvgIpc) is 2.02. The third-order valence-electron chi connectivity index (χ3n) is 1.46.